The lowest BCUT2D eigenvalue weighted by atomic mass is 10.0. The molecule has 1 N–H and O–H groups in total. The minimum absolute atomic E-state index is 0.159. The molecule has 3 rings (SSSR count). The maximum atomic E-state index is 14.1. The Labute approximate surface area is 154 Å². The highest BCUT2D eigenvalue weighted by Gasteiger charge is 2.29. The number of nitrogens with one attached hydrogen (secondary N) is 1. The lowest BCUT2D eigenvalue weighted by Gasteiger charge is -2.37. The number of benzene rings is 1. The molecule has 0 saturated carbocycles. The molecule has 2 fully saturated rings. The van der Waals surface area contributed by atoms with Crippen LogP contribution >= 0.6 is 0 Å². The number of hydrogen-bond donors (Lipinski definition) is 1. The van der Waals surface area contributed by atoms with Crippen LogP contribution in [-0.4, -0.2) is 68.4 Å². The lowest BCUT2D eigenvalue weighted by molar-refractivity contribution is 0.132. The van der Waals surface area contributed by atoms with E-state index >= 15 is 0 Å². The number of likely N-dealkylation sites (tertiary alicyclic amines) is 2. The minimum atomic E-state index is -0.493. The van der Waals surface area contributed by atoms with E-state index in [-0.39, 0.29) is 18.4 Å². The number of carbonyl (C=O) groups excluding carboxylic acids is 1. The van der Waals surface area contributed by atoms with Crippen LogP contribution in [0.5, 0.6) is 5.75 Å². The summed E-state index contributed by atoms with van der Waals surface area (Å²) in [6, 6.07) is 4.77. The Balaban J connectivity index is 1.54. The first-order valence-electron chi connectivity index (χ1n) is 9.38. The Bertz CT molecular complexity index is 608. The number of anilines is 1. The number of amides is 2. The highest BCUT2D eigenvalue weighted by atomic mass is 19.1. The Kier molecular flexibility index (Phi) is 6.68. The summed E-state index contributed by atoms with van der Waals surface area (Å²) < 4.78 is 24.3. The maximum absolute atomic E-state index is 14.1. The molecule has 2 aliphatic heterocycles. The van der Waals surface area contributed by atoms with E-state index in [0.29, 0.717) is 18.3 Å². The van der Waals surface area contributed by atoms with Crippen LogP contribution in [0.3, 0.4) is 0 Å². The van der Waals surface area contributed by atoms with Gasteiger partial charge < -0.3 is 19.7 Å². The number of rotatable bonds is 6. The number of nitrogens with zero attached hydrogens (tertiary/aromatic N) is 2. The first kappa shape index (κ1) is 18.9. The van der Waals surface area contributed by atoms with E-state index in [4.69, 9.17) is 9.47 Å². The molecule has 0 radical (unpaired) electrons. The molecule has 2 heterocycles. The number of halogens is 1. The Morgan fingerprint density at radius 1 is 1.23 bits per heavy atom. The van der Waals surface area contributed by atoms with E-state index in [9.17, 15) is 9.18 Å². The van der Waals surface area contributed by atoms with Crippen LogP contribution in [0.4, 0.5) is 14.9 Å². The topological polar surface area (TPSA) is 54.0 Å². The summed E-state index contributed by atoms with van der Waals surface area (Å²) in [5, 5.41) is 2.81. The lowest BCUT2D eigenvalue weighted by Crippen LogP contribution is -2.50. The fourth-order valence-electron chi connectivity index (χ4n) is 3.68. The van der Waals surface area contributed by atoms with Gasteiger partial charge in [-0.05, 0) is 50.9 Å². The molecule has 1 aromatic rings. The molecule has 0 aromatic heterocycles. The molecule has 7 heteroatoms. The Morgan fingerprint density at radius 3 is 2.77 bits per heavy atom. The third-order valence-electron chi connectivity index (χ3n) is 5.07. The summed E-state index contributed by atoms with van der Waals surface area (Å²) in [6.07, 6.45) is 4.66. The van der Waals surface area contributed by atoms with Crippen LogP contribution in [0.15, 0.2) is 18.2 Å². The van der Waals surface area contributed by atoms with Crippen molar-refractivity contribution in [2.75, 3.05) is 51.8 Å². The largest absolute Gasteiger partial charge is 0.488 e. The zero-order valence-corrected chi connectivity index (χ0v) is 15.4. The third kappa shape index (κ3) is 4.86. The molecule has 144 valence electrons. The molecular formula is C19H28FN3O3. The average Bonchev–Trinajstić information content (AvgIpc) is 3.18. The summed E-state index contributed by atoms with van der Waals surface area (Å²) in [4.78, 5) is 16.9. The minimum Gasteiger partial charge on any atom is -0.488 e. The zero-order chi connectivity index (χ0) is 18.4. The van der Waals surface area contributed by atoms with Crippen LogP contribution in [0.2, 0.25) is 0 Å². The number of ether oxygens (including phenoxy) is 2. The van der Waals surface area contributed by atoms with Crippen molar-refractivity contribution in [1.29, 1.82) is 0 Å². The summed E-state index contributed by atoms with van der Waals surface area (Å²) in [5.41, 5.74) is 0.440. The molecule has 1 atom stereocenters. The van der Waals surface area contributed by atoms with Crippen LogP contribution in [0, 0.1) is 5.82 Å². The van der Waals surface area contributed by atoms with Crippen molar-refractivity contribution in [2.45, 2.75) is 31.7 Å². The van der Waals surface area contributed by atoms with Gasteiger partial charge in [-0.15, -0.1) is 0 Å². The van der Waals surface area contributed by atoms with Gasteiger partial charge in [-0.3, -0.25) is 4.90 Å². The van der Waals surface area contributed by atoms with E-state index < -0.39 is 5.82 Å². The van der Waals surface area contributed by atoms with Gasteiger partial charge in [0, 0.05) is 38.0 Å². The summed E-state index contributed by atoms with van der Waals surface area (Å²) in [6.45, 7) is 4.44. The second-order valence-electron chi connectivity index (χ2n) is 6.90. The molecule has 0 aliphatic carbocycles. The van der Waals surface area contributed by atoms with Crippen molar-refractivity contribution in [3.8, 4) is 5.75 Å². The van der Waals surface area contributed by atoms with Gasteiger partial charge in [0.25, 0.3) is 0 Å². The van der Waals surface area contributed by atoms with Crippen molar-refractivity contribution in [1.82, 2.24) is 9.80 Å². The highest BCUT2D eigenvalue weighted by molar-refractivity contribution is 5.89. The third-order valence-corrected chi connectivity index (χ3v) is 5.07. The molecule has 2 aliphatic rings. The highest BCUT2D eigenvalue weighted by Crippen LogP contribution is 2.23. The Morgan fingerprint density at radius 2 is 2.04 bits per heavy atom. The average molecular weight is 365 g/mol. The standard InChI is InChI=1S/C19H28FN3O3/c1-25-11-12-26-18-7-6-15(13-17(18)20)21-19(24)23-10-4-5-16(14-23)22-8-2-3-9-22/h6-7,13,16H,2-5,8-12,14H2,1H3,(H,21,24). The molecule has 6 nitrogen and oxygen atoms in total. The van der Waals surface area contributed by atoms with Gasteiger partial charge in [0.1, 0.15) is 6.61 Å². The predicted octanol–water partition coefficient (Wildman–Crippen LogP) is 2.94. The number of methoxy groups -OCH3 is 1. The monoisotopic (exact) mass is 365 g/mol. The number of piperidine rings is 1. The van der Waals surface area contributed by atoms with Crippen LogP contribution in [-0.2, 0) is 4.74 Å². The molecule has 0 spiro atoms. The van der Waals surface area contributed by atoms with Crippen molar-refractivity contribution in [3.63, 3.8) is 0 Å². The molecular weight excluding hydrogens is 337 g/mol. The van der Waals surface area contributed by atoms with Crippen molar-refractivity contribution >= 4 is 11.7 Å². The van der Waals surface area contributed by atoms with Gasteiger partial charge >= 0.3 is 6.03 Å². The number of urea groups is 1. The van der Waals surface area contributed by atoms with E-state index in [1.807, 2.05) is 4.90 Å². The quantitative estimate of drug-likeness (QED) is 0.788. The molecule has 2 amide bonds. The van der Waals surface area contributed by atoms with Gasteiger partial charge in [0.2, 0.25) is 0 Å². The molecule has 2 saturated heterocycles. The molecule has 0 bridgehead atoms. The van der Waals surface area contributed by atoms with E-state index in [0.717, 1.165) is 39.0 Å². The predicted molar refractivity (Wildman–Crippen MR) is 98.2 cm³/mol. The first-order chi connectivity index (χ1) is 12.7. The second kappa shape index (κ2) is 9.19. The van der Waals surface area contributed by atoms with Crippen LogP contribution < -0.4 is 10.1 Å². The van der Waals surface area contributed by atoms with Crippen LogP contribution in [0.1, 0.15) is 25.7 Å². The van der Waals surface area contributed by atoms with Crippen LogP contribution in [0.25, 0.3) is 0 Å². The SMILES string of the molecule is COCCOc1ccc(NC(=O)N2CCCC(N3CCCC3)C2)cc1F. The van der Waals surface area contributed by atoms with Crippen molar-refractivity contribution < 1.29 is 18.7 Å². The van der Waals surface area contributed by atoms with Crippen molar-refractivity contribution in [3.05, 3.63) is 24.0 Å². The summed E-state index contributed by atoms with van der Waals surface area (Å²) in [7, 11) is 1.56. The fourth-order valence-corrected chi connectivity index (χ4v) is 3.68. The van der Waals surface area contributed by atoms with Crippen molar-refractivity contribution in [2.24, 2.45) is 0 Å². The van der Waals surface area contributed by atoms with E-state index in [2.05, 4.69) is 10.2 Å². The number of hydrogen-bond acceptors (Lipinski definition) is 4. The summed E-state index contributed by atoms with van der Waals surface area (Å²) >= 11 is 0. The Hall–Kier alpha value is -1.86. The van der Waals surface area contributed by atoms with Gasteiger partial charge in [0.15, 0.2) is 11.6 Å². The zero-order valence-electron chi connectivity index (χ0n) is 15.4. The normalized spacial score (nSPS) is 21.0. The van der Waals surface area contributed by atoms with E-state index in [1.54, 1.807) is 13.2 Å². The van der Waals surface area contributed by atoms with Gasteiger partial charge in [-0.25, -0.2) is 9.18 Å². The fraction of sp³-hybridized carbons (Fsp3) is 0.632. The molecule has 1 aromatic carbocycles. The van der Waals surface area contributed by atoms with Gasteiger partial charge in [-0.1, -0.05) is 0 Å². The number of carbonyl (C=O) groups is 1. The summed E-state index contributed by atoms with van der Waals surface area (Å²) in [5.74, 6) is -0.334. The van der Waals surface area contributed by atoms with Gasteiger partial charge in [0.05, 0.1) is 6.61 Å². The van der Waals surface area contributed by atoms with Gasteiger partial charge in [-0.2, -0.15) is 0 Å². The first-order valence-corrected chi connectivity index (χ1v) is 9.38. The van der Waals surface area contributed by atoms with E-state index in [1.165, 1.54) is 25.0 Å². The maximum Gasteiger partial charge on any atom is 0.321 e. The molecule has 1 unspecified atom stereocenters. The smallest absolute Gasteiger partial charge is 0.321 e. The molecule has 26 heavy (non-hydrogen) atoms. The second-order valence-corrected chi connectivity index (χ2v) is 6.90.